The standard InChI is InChI=1S/C31H29FN4O5S/c1-3-10-34-30(38)25-7-6-20(27(36-25)31(39)40-2)21-15-26-23(28-17(8-11-41-26)9-12-42-28)14-22(21)29(37)35-19-5-4-18(16-33)24(32)13-19/h4-7,9,12-15H,3,8,10-11,16,33H2,1-2H3,(H,34,38)(H,35,37). The summed E-state index contributed by atoms with van der Waals surface area (Å²) in [6, 6.07) is 12.7. The van der Waals surface area contributed by atoms with Crippen LogP contribution in [0, 0.1) is 5.82 Å². The molecule has 4 N–H and O–H groups in total. The number of hydrogen-bond acceptors (Lipinski definition) is 8. The third-order valence-corrected chi connectivity index (χ3v) is 7.84. The molecule has 0 bridgehead atoms. The van der Waals surface area contributed by atoms with Gasteiger partial charge in [-0.2, -0.15) is 0 Å². The van der Waals surface area contributed by atoms with Crippen molar-refractivity contribution in [2.24, 2.45) is 5.73 Å². The average molecular weight is 589 g/mol. The molecule has 42 heavy (non-hydrogen) atoms. The topological polar surface area (TPSA) is 133 Å². The van der Waals surface area contributed by atoms with Crippen molar-refractivity contribution in [2.75, 3.05) is 25.6 Å². The number of hydrogen-bond donors (Lipinski definition) is 3. The Bertz CT molecular complexity index is 1690. The Morgan fingerprint density at radius 3 is 2.64 bits per heavy atom. The zero-order chi connectivity index (χ0) is 29.8. The van der Waals surface area contributed by atoms with E-state index in [0.29, 0.717) is 36.4 Å². The molecule has 1 aliphatic rings. The van der Waals surface area contributed by atoms with E-state index in [2.05, 4.69) is 15.6 Å². The summed E-state index contributed by atoms with van der Waals surface area (Å²) in [5.74, 6) is -1.78. The van der Waals surface area contributed by atoms with Gasteiger partial charge >= 0.3 is 5.97 Å². The van der Waals surface area contributed by atoms with Crippen LogP contribution < -0.4 is 21.1 Å². The number of ether oxygens (including phenoxy) is 2. The van der Waals surface area contributed by atoms with Gasteiger partial charge in [0.1, 0.15) is 17.3 Å². The smallest absolute Gasteiger partial charge is 0.357 e. The van der Waals surface area contributed by atoms with E-state index in [0.717, 1.165) is 22.4 Å². The second-order valence-corrected chi connectivity index (χ2v) is 10.5. The fourth-order valence-electron chi connectivity index (χ4n) is 4.70. The molecule has 2 aromatic carbocycles. The summed E-state index contributed by atoms with van der Waals surface area (Å²) < 4.78 is 25.6. The molecule has 9 nitrogen and oxygen atoms in total. The van der Waals surface area contributed by atoms with Crippen LogP contribution in [0.5, 0.6) is 5.75 Å². The van der Waals surface area contributed by atoms with Crippen LogP contribution in [0.3, 0.4) is 0 Å². The molecule has 0 unspecified atom stereocenters. The van der Waals surface area contributed by atoms with Crippen LogP contribution in [0.15, 0.2) is 53.9 Å². The van der Waals surface area contributed by atoms with Gasteiger partial charge in [0.15, 0.2) is 5.69 Å². The maximum Gasteiger partial charge on any atom is 0.357 e. The number of anilines is 1. The predicted octanol–water partition coefficient (Wildman–Crippen LogP) is 5.19. The van der Waals surface area contributed by atoms with Crippen molar-refractivity contribution in [2.45, 2.75) is 26.3 Å². The van der Waals surface area contributed by atoms with Gasteiger partial charge in [-0.05, 0) is 59.8 Å². The van der Waals surface area contributed by atoms with Crippen LogP contribution in [0.2, 0.25) is 0 Å². The lowest BCUT2D eigenvalue weighted by Crippen LogP contribution is -2.26. The molecule has 2 amide bonds. The maximum atomic E-state index is 14.5. The molecule has 0 aliphatic carbocycles. The molecule has 3 heterocycles. The van der Waals surface area contributed by atoms with Crippen molar-refractivity contribution in [1.29, 1.82) is 0 Å². The lowest BCUT2D eigenvalue weighted by molar-refractivity contribution is 0.0594. The normalized spacial score (nSPS) is 11.9. The number of esters is 1. The van der Waals surface area contributed by atoms with Crippen LogP contribution in [0.1, 0.15) is 55.8 Å². The van der Waals surface area contributed by atoms with E-state index < -0.39 is 23.6 Å². The molecule has 0 spiro atoms. The maximum absolute atomic E-state index is 14.5. The highest BCUT2D eigenvalue weighted by atomic mass is 32.1. The Morgan fingerprint density at radius 1 is 1.07 bits per heavy atom. The van der Waals surface area contributed by atoms with E-state index in [-0.39, 0.29) is 34.7 Å². The lowest BCUT2D eigenvalue weighted by atomic mass is 9.93. The first-order chi connectivity index (χ1) is 20.3. The number of fused-ring (bicyclic) bond motifs is 3. The number of benzene rings is 2. The highest BCUT2D eigenvalue weighted by Crippen LogP contribution is 2.43. The van der Waals surface area contributed by atoms with Crippen molar-refractivity contribution in [3.05, 3.63) is 87.8 Å². The summed E-state index contributed by atoms with van der Waals surface area (Å²) in [6.07, 6.45) is 1.42. The first kappa shape index (κ1) is 28.9. The molecule has 0 saturated carbocycles. The molecule has 0 saturated heterocycles. The minimum atomic E-state index is -0.780. The molecule has 4 aromatic rings. The SMILES string of the molecule is CCCNC(=O)c1ccc(-c2cc3c(cc2C(=O)Nc2ccc(CN)c(F)c2)-c2sccc2CCO3)c(C(=O)OC)n1. The second kappa shape index (κ2) is 12.5. The van der Waals surface area contributed by atoms with E-state index in [4.69, 9.17) is 15.2 Å². The van der Waals surface area contributed by atoms with Gasteiger partial charge in [0, 0.05) is 57.9 Å². The van der Waals surface area contributed by atoms with Crippen molar-refractivity contribution >= 4 is 34.8 Å². The summed E-state index contributed by atoms with van der Waals surface area (Å²) in [5.41, 5.74) is 8.63. The number of aromatic nitrogens is 1. The largest absolute Gasteiger partial charge is 0.493 e. The Labute approximate surface area is 245 Å². The van der Waals surface area contributed by atoms with Gasteiger partial charge in [-0.15, -0.1) is 11.3 Å². The summed E-state index contributed by atoms with van der Waals surface area (Å²) in [7, 11) is 1.21. The monoisotopic (exact) mass is 588 g/mol. The third-order valence-electron chi connectivity index (χ3n) is 6.85. The van der Waals surface area contributed by atoms with Gasteiger partial charge in [0.25, 0.3) is 11.8 Å². The number of amides is 2. The minimum Gasteiger partial charge on any atom is -0.493 e. The number of nitrogens with one attached hydrogen (secondary N) is 2. The van der Waals surface area contributed by atoms with Crippen molar-refractivity contribution in [3.8, 4) is 27.3 Å². The first-order valence-electron chi connectivity index (χ1n) is 13.4. The number of nitrogens with zero attached hydrogens (tertiary/aromatic N) is 1. The van der Waals surface area contributed by atoms with Crippen molar-refractivity contribution in [3.63, 3.8) is 0 Å². The molecular formula is C31H29FN4O5S. The number of halogens is 1. The Kier molecular flexibility index (Phi) is 8.60. The Morgan fingerprint density at radius 2 is 1.90 bits per heavy atom. The van der Waals surface area contributed by atoms with Crippen LogP contribution in [-0.4, -0.2) is 43.0 Å². The highest BCUT2D eigenvalue weighted by molar-refractivity contribution is 7.13. The average Bonchev–Trinajstić information content (AvgIpc) is 3.40. The number of carbonyl (C=O) groups excluding carboxylic acids is 3. The number of carbonyl (C=O) groups is 3. The van der Waals surface area contributed by atoms with E-state index in [9.17, 15) is 18.8 Å². The molecular weight excluding hydrogens is 559 g/mol. The van der Waals surface area contributed by atoms with Gasteiger partial charge in [-0.25, -0.2) is 14.2 Å². The molecule has 0 radical (unpaired) electrons. The Balaban J connectivity index is 1.67. The van der Waals surface area contributed by atoms with Gasteiger partial charge in [-0.3, -0.25) is 9.59 Å². The number of nitrogens with two attached hydrogens (primary N) is 1. The van der Waals surface area contributed by atoms with E-state index in [1.807, 2.05) is 18.4 Å². The van der Waals surface area contributed by atoms with Gasteiger partial charge in [-0.1, -0.05) is 13.0 Å². The number of rotatable bonds is 8. The van der Waals surface area contributed by atoms with Crippen LogP contribution in [0.25, 0.3) is 21.6 Å². The summed E-state index contributed by atoms with van der Waals surface area (Å²) in [4.78, 5) is 44.7. The summed E-state index contributed by atoms with van der Waals surface area (Å²) in [5, 5.41) is 7.48. The van der Waals surface area contributed by atoms with E-state index in [1.165, 1.54) is 36.6 Å². The van der Waals surface area contributed by atoms with Crippen LogP contribution in [-0.2, 0) is 17.7 Å². The lowest BCUT2D eigenvalue weighted by Gasteiger charge is -2.17. The fourth-order valence-corrected chi connectivity index (χ4v) is 5.68. The molecule has 11 heteroatoms. The van der Waals surface area contributed by atoms with Gasteiger partial charge < -0.3 is 25.8 Å². The number of methoxy groups -OCH3 is 1. The van der Waals surface area contributed by atoms with Crippen molar-refractivity contribution in [1.82, 2.24) is 10.3 Å². The minimum absolute atomic E-state index is 0.0218. The molecule has 2 aromatic heterocycles. The summed E-state index contributed by atoms with van der Waals surface area (Å²) >= 11 is 1.53. The van der Waals surface area contributed by atoms with Gasteiger partial charge in [0.2, 0.25) is 0 Å². The number of pyridine rings is 1. The van der Waals surface area contributed by atoms with E-state index >= 15 is 0 Å². The zero-order valence-electron chi connectivity index (χ0n) is 23.1. The predicted molar refractivity (Wildman–Crippen MR) is 158 cm³/mol. The van der Waals surface area contributed by atoms with Crippen LogP contribution in [0.4, 0.5) is 10.1 Å². The molecule has 0 fully saturated rings. The fraction of sp³-hybridized carbons (Fsp3) is 0.226. The first-order valence-corrected chi connectivity index (χ1v) is 14.3. The van der Waals surface area contributed by atoms with Crippen LogP contribution >= 0.6 is 11.3 Å². The number of thiophene rings is 1. The molecule has 1 aliphatic heterocycles. The molecule has 5 rings (SSSR count). The van der Waals surface area contributed by atoms with E-state index in [1.54, 1.807) is 24.3 Å². The molecule has 0 atom stereocenters. The third kappa shape index (κ3) is 5.74. The second-order valence-electron chi connectivity index (χ2n) is 9.57. The zero-order valence-corrected chi connectivity index (χ0v) is 23.9. The van der Waals surface area contributed by atoms with Gasteiger partial charge in [0.05, 0.1) is 13.7 Å². The van der Waals surface area contributed by atoms with Crippen molar-refractivity contribution < 1.29 is 28.2 Å². The molecule has 216 valence electrons. The quantitative estimate of drug-likeness (QED) is 0.241. The summed E-state index contributed by atoms with van der Waals surface area (Å²) in [6.45, 7) is 2.81. The highest BCUT2D eigenvalue weighted by Gasteiger charge is 2.27. The Hall–Kier alpha value is -4.61.